The molecule has 0 bridgehead atoms. The Bertz CT molecular complexity index is 696. The number of alkyl halides is 3. The number of nitrogen functional groups attached to an aromatic ring is 1. The molecule has 2 aromatic rings. The molecule has 23 heavy (non-hydrogen) atoms. The topological polar surface area (TPSA) is 62.3 Å². The first-order valence-electron chi connectivity index (χ1n) is 7.09. The maximum Gasteiger partial charge on any atom is 0.435 e. The van der Waals surface area contributed by atoms with Crippen molar-refractivity contribution in [3.63, 3.8) is 0 Å². The molecular formula is C15H18F3N3O2. The largest absolute Gasteiger partial charge is 0.490 e. The van der Waals surface area contributed by atoms with Crippen molar-refractivity contribution in [1.82, 2.24) is 9.78 Å². The summed E-state index contributed by atoms with van der Waals surface area (Å²) in [5.41, 5.74) is 4.87. The van der Waals surface area contributed by atoms with E-state index in [1.165, 1.54) is 19.2 Å². The highest BCUT2D eigenvalue weighted by atomic mass is 19.4. The first-order chi connectivity index (χ1) is 10.8. The van der Waals surface area contributed by atoms with Crippen LogP contribution in [-0.2, 0) is 13.2 Å². The second-order valence-electron chi connectivity index (χ2n) is 4.76. The van der Waals surface area contributed by atoms with Crippen molar-refractivity contribution in [3.8, 4) is 22.6 Å². The quantitative estimate of drug-likeness (QED) is 0.912. The van der Waals surface area contributed by atoms with Crippen LogP contribution in [0, 0.1) is 0 Å². The smallest absolute Gasteiger partial charge is 0.435 e. The third kappa shape index (κ3) is 3.35. The van der Waals surface area contributed by atoms with Gasteiger partial charge >= 0.3 is 6.18 Å². The summed E-state index contributed by atoms with van der Waals surface area (Å²) in [6.45, 7) is 4.37. The minimum Gasteiger partial charge on any atom is -0.490 e. The molecule has 126 valence electrons. The van der Waals surface area contributed by atoms with Crippen LogP contribution < -0.4 is 15.2 Å². The van der Waals surface area contributed by atoms with Crippen LogP contribution in [-0.4, -0.2) is 23.0 Å². The lowest BCUT2D eigenvalue weighted by Crippen LogP contribution is -2.08. The highest BCUT2D eigenvalue weighted by molar-refractivity contribution is 5.78. The Morgan fingerprint density at radius 3 is 2.30 bits per heavy atom. The second kappa shape index (κ2) is 6.39. The van der Waals surface area contributed by atoms with E-state index in [0.717, 1.165) is 4.68 Å². The van der Waals surface area contributed by atoms with E-state index in [9.17, 15) is 13.2 Å². The zero-order valence-electron chi connectivity index (χ0n) is 13.1. The zero-order chi connectivity index (χ0) is 17.2. The summed E-state index contributed by atoms with van der Waals surface area (Å²) in [6, 6.07) is 4.56. The van der Waals surface area contributed by atoms with Crippen LogP contribution in [0.1, 0.15) is 19.5 Å². The third-order valence-electron chi connectivity index (χ3n) is 3.19. The summed E-state index contributed by atoms with van der Waals surface area (Å²) in [5, 5.41) is 3.49. The summed E-state index contributed by atoms with van der Waals surface area (Å²) in [4.78, 5) is 0. The number of ether oxygens (including phenoxy) is 2. The monoisotopic (exact) mass is 329 g/mol. The van der Waals surface area contributed by atoms with Crippen molar-refractivity contribution in [2.24, 2.45) is 7.05 Å². The van der Waals surface area contributed by atoms with Crippen LogP contribution in [0.15, 0.2) is 18.2 Å². The molecule has 0 amide bonds. The SMILES string of the molecule is CCOc1ccc(-c2c(C(F)(F)F)nn(C)c2N)cc1OCC. The minimum atomic E-state index is -4.60. The second-order valence-corrected chi connectivity index (χ2v) is 4.76. The molecule has 0 atom stereocenters. The van der Waals surface area contributed by atoms with Gasteiger partial charge in [-0.15, -0.1) is 0 Å². The molecule has 0 saturated heterocycles. The van der Waals surface area contributed by atoms with Gasteiger partial charge in [0.1, 0.15) is 5.82 Å². The fraction of sp³-hybridized carbons (Fsp3) is 0.400. The van der Waals surface area contributed by atoms with E-state index in [1.54, 1.807) is 13.0 Å². The van der Waals surface area contributed by atoms with Gasteiger partial charge in [0.05, 0.1) is 18.8 Å². The molecule has 0 unspecified atom stereocenters. The number of benzene rings is 1. The van der Waals surface area contributed by atoms with Crippen LogP contribution >= 0.6 is 0 Å². The number of anilines is 1. The minimum absolute atomic E-state index is 0.0658. The van der Waals surface area contributed by atoms with E-state index >= 15 is 0 Å². The van der Waals surface area contributed by atoms with Crippen molar-refractivity contribution >= 4 is 5.82 Å². The van der Waals surface area contributed by atoms with Gasteiger partial charge in [-0.25, -0.2) is 0 Å². The van der Waals surface area contributed by atoms with Gasteiger partial charge in [0.25, 0.3) is 0 Å². The van der Waals surface area contributed by atoms with Gasteiger partial charge in [-0.1, -0.05) is 6.07 Å². The van der Waals surface area contributed by atoms with E-state index in [4.69, 9.17) is 15.2 Å². The average Bonchev–Trinajstić information content (AvgIpc) is 2.77. The van der Waals surface area contributed by atoms with Crippen LogP contribution in [0.3, 0.4) is 0 Å². The average molecular weight is 329 g/mol. The van der Waals surface area contributed by atoms with Crippen LogP contribution in [0.4, 0.5) is 19.0 Å². The molecule has 1 aromatic heterocycles. The van der Waals surface area contributed by atoms with E-state index in [2.05, 4.69) is 5.10 Å². The summed E-state index contributed by atoms with van der Waals surface area (Å²) >= 11 is 0. The van der Waals surface area contributed by atoms with Crippen molar-refractivity contribution < 1.29 is 22.6 Å². The zero-order valence-corrected chi connectivity index (χ0v) is 13.1. The lowest BCUT2D eigenvalue weighted by molar-refractivity contribution is -0.140. The number of nitrogens with two attached hydrogens (primary N) is 1. The maximum absolute atomic E-state index is 13.2. The number of aromatic nitrogens is 2. The lowest BCUT2D eigenvalue weighted by Gasteiger charge is -2.13. The van der Waals surface area contributed by atoms with Gasteiger partial charge < -0.3 is 15.2 Å². The van der Waals surface area contributed by atoms with Gasteiger partial charge in [-0.05, 0) is 31.5 Å². The van der Waals surface area contributed by atoms with E-state index in [1.807, 2.05) is 6.92 Å². The maximum atomic E-state index is 13.2. The molecule has 0 aliphatic rings. The third-order valence-corrected chi connectivity index (χ3v) is 3.19. The first kappa shape index (κ1) is 17.0. The summed E-state index contributed by atoms with van der Waals surface area (Å²) in [6.07, 6.45) is -4.60. The Balaban J connectivity index is 2.61. The molecule has 1 aromatic carbocycles. The van der Waals surface area contributed by atoms with E-state index in [0.29, 0.717) is 24.7 Å². The number of nitrogens with zero attached hydrogens (tertiary/aromatic N) is 2. The number of rotatable bonds is 5. The summed E-state index contributed by atoms with van der Waals surface area (Å²) in [7, 11) is 1.37. The van der Waals surface area contributed by atoms with Crippen molar-refractivity contribution in [1.29, 1.82) is 0 Å². The molecule has 0 radical (unpaired) electrons. The van der Waals surface area contributed by atoms with Crippen molar-refractivity contribution in [2.45, 2.75) is 20.0 Å². The van der Waals surface area contributed by atoms with Gasteiger partial charge in [-0.3, -0.25) is 4.68 Å². The first-order valence-corrected chi connectivity index (χ1v) is 7.09. The molecule has 2 rings (SSSR count). The molecule has 0 aliphatic heterocycles. The normalized spacial score (nSPS) is 11.6. The van der Waals surface area contributed by atoms with Gasteiger partial charge in [0.15, 0.2) is 17.2 Å². The number of aryl methyl sites for hydroxylation is 1. The molecule has 0 aliphatic carbocycles. The van der Waals surface area contributed by atoms with Crippen LogP contribution in [0.25, 0.3) is 11.1 Å². The van der Waals surface area contributed by atoms with Crippen molar-refractivity contribution in [3.05, 3.63) is 23.9 Å². The Kier molecular flexibility index (Phi) is 4.72. The Morgan fingerprint density at radius 1 is 1.13 bits per heavy atom. The predicted octanol–water partition coefficient (Wildman–Crippen LogP) is 3.49. The molecule has 0 fully saturated rings. The lowest BCUT2D eigenvalue weighted by atomic mass is 10.0. The number of halogens is 3. The fourth-order valence-electron chi connectivity index (χ4n) is 2.23. The fourth-order valence-corrected chi connectivity index (χ4v) is 2.23. The molecule has 0 spiro atoms. The van der Waals surface area contributed by atoms with E-state index < -0.39 is 11.9 Å². The molecule has 0 saturated carbocycles. The predicted molar refractivity (Wildman–Crippen MR) is 80.4 cm³/mol. The summed E-state index contributed by atoms with van der Waals surface area (Å²) < 4.78 is 51.4. The molecule has 1 heterocycles. The molecule has 5 nitrogen and oxygen atoms in total. The molecular weight excluding hydrogens is 311 g/mol. The van der Waals surface area contributed by atoms with Crippen LogP contribution in [0.5, 0.6) is 11.5 Å². The standard InChI is InChI=1S/C15H18F3N3O2/c1-4-22-10-7-6-9(8-11(10)23-5-2)12-13(15(16,17)18)20-21(3)14(12)19/h6-8H,4-5,19H2,1-3H3. The Morgan fingerprint density at radius 2 is 1.74 bits per heavy atom. The Hall–Kier alpha value is -2.38. The number of hydrogen-bond donors (Lipinski definition) is 1. The molecule has 2 N–H and O–H groups in total. The van der Waals surface area contributed by atoms with Gasteiger partial charge in [0.2, 0.25) is 0 Å². The summed E-state index contributed by atoms with van der Waals surface area (Å²) in [5.74, 6) is 0.765. The van der Waals surface area contributed by atoms with Crippen molar-refractivity contribution in [2.75, 3.05) is 18.9 Å². The van der Waals surface area contributed by atoms with Crippen LogP contribution in [0.2, 0.25) is 0 Å². The molecule has 8 heteroatoms. The highest BCUT2D eigenvalue weighted by Gasteiger charge is 2.39. The number of hydrogen-bond acceptors (Lipinski definition) is 4. The highest BCUT2D eigenvalue weighted by Crippen LogP contribution is 2.42. The Labute approximate surface area is 131 Å². The van der Waals surface area contributed by atoms with Gasteiger partial charge in [0, 0.05) is 7.05 Å². The van der Waals surface area contributed by atoms with Gasteiger partial charge in [-0.2, -0.15) is 18.3 Å². The van der Waals surface area contributed by atoms with E-state index in [-0.39, 0.29) is 16.9 Å².